The summed E-state index contributed by atoms with van der Waals surface area (Å²) in [6, 6.07) is 6.23. The number of hydrogen-bond acceptors (Lipinski definition) is 5. The monoisotopic (exact) mass is 391 g/mol. The van der Waals surface area contributed by atoms with Crippen molar-refractivity contribution in [2.75, 3.05) is 31.2 Å². The van der Waals surface area contributed by atoms with E-state index in [-0.39, 0.29) is 5.88 Å². The maximum absolute atomic E-state index is 10.9. The standard InChI is InChI=1S/C22H25N5O2/c1-2-16-4-7-26-14-17(24-20(26)13-16)5-8-27-15-18-21(22(27)28)19(3-6-23-18)25-9-11-29-12-10-25/h3-4,6-7,13-15,28H,2,5,8-12H2,1H3. The maximum Gasteiger partial charge on any atom is 0.202 e. The Labute approximate surface area is 169 Å². The Morgan fingerprint density at radius 3 is 2.86 bits per heavy atom. The van der Waals surface area contributed by atoms with Crippen LogP contribution in [0, 0.1) is 0 Å². The van der Waals surface area contributed by atoms with Gasteiger partial charge in [0.15, 0.2) is 0 Å². The van der Waals surface area contributed by atoms with Crippen LogP contribution in [0.4, 0.5) is 5.69 Å². The van der Waals surface area contributed by atoms with E-state index in [0.29, 0.717) is 19.8 Å². The topological polar surface area (TPSA) is 67.8 Å². The van der Waals surface area contributed by atoms with Crippen LogP contribution in [0.3, 0.4) is 0 Å². The maximum atomic E-state index is 10.9. The molecule has 5 rings (SSSR count). The fourth-order valence-corrected chi connectivity index (χ4v) is 4.04. The zero-order chi connectivity index (χ0) is 19.8. The lowest BCUT2D eigenvalue weighted by atomic mass is 10.2. The van der Waals surface area contributed by atoms with E-state index in [1.807, 2.05) is 23.0 Å². The summed E-state index contributed by atoms with van der Waals surface area (Å²) in [5.41, 5.74) is 5.10. The van der Waals surface area contributed by atoms with E-state index >= 15 is 0 Å². The molecule has 0 aromatic carbocycles. The Morgan fingerprint density at radius 2 is 2.03 bits per heavy atom. The van der Waals surface area contributed by atoms with E-state index < -0.39 is 0 Å². The van der Waals surface area contributed by atoms with Crippen LogP contribution in [-0.4, -0.2) is 50.3 Å². The molecule has 0 amide bonds. The molecular weight excluding hydrogens is 366 g/mol. The Bertz CT molecular complexity index is 1160. The molecule has 0 unspecified atom stereocenters. The number of aryl methyl sites for hydroxylation is 3. The van der Waals surface area contributed by atoms with Crippen LogP contribution in [-0.2, 0) is 24.1 Å². The number of nitrogens with zero attached hydrogens (tertiary/aromatic N) is 5. The smallest absolute Gasteiger partial charge is 0.202 e. The van der Waals surface area contributed by atoms with Gasteiger partial charge in [-0.2, -0.15) is 0 Å². The van der Waals surface area contributed by atoms with Gasteiger partial charge in [-0.25, -0.2) is 4.98 Å². The highest BCUT2D eigenvalue weighted by atomic mass is 16.5. The van der Waals surface area contributed by atoms with E-state index in [2.05, 4.69) is 45.7 Å². The second-order valence-electron chi connectivity index (χ2n) is 7.47. The van der Waals surface area contributed by atoms with Crippen LogP contribution in [0.5, 0.6) is 5.88 Å². The lowest BCUT2D eigenvalue weighted by Gasteiger charge is -2.29. The third-order valence-electron chi connectivity index (χ3n) is 5.68. The van der Waals surface area contributed by atoms with Gasteiger partial charge in [0.05, 0.1) is 35.5 Å². The molecule has 4 aromatic rings. The van der Waals surface area contributed by atoms with E-state index in [9.17, 15) is 5.11 Å². The molecule has 1 saturated heterocycles. The van der Waals surface area contributed by atoms with Crippen LogP contribution < -0.4 is 4.90 Å². The molecule has 1 aliphatic heterocycles. The van der Waals surface area contributed by atoms with Gasteiger partial charge in [-0.3, -0.25) is 4.98 Å². The van der Waals surface area contributed by atoms with Crippen LogP contribution >= 0.6 is 0 Å². The summed E-state index contributed by atoms with van der Waals surface area (Å²) < 4.78 is 9.39. The first-order chi connectivity index (χ1) is 14.2. The molecule has 4 aromatic heterocycles. The predicted molar refractivity (Wildman–Crippen MR) is 113 cm³/mol. The SMILES string of the molecule is CCc1ccn2cc(CCn3cc4nccc(N5CCOCC5)c4c3O)nc2c1. The summed E-state index contributed by atoms with van der Waals surface area (Å²) in [5.74, 6) is 0.270. The second kappa shape index (κ2) is 7.40. The van der Waals surface area contributed by atoms with Gasteiger partial charge in [0, 0.05) is 50.8 Å². The number of imidazole rings is 1. The van der Waals surface area contributed by atoms with Crippen molar-refractivity contribution >= 4 is 22.2 Å². The minimum Gasteiger partial charge on any atom is -0.494 e. The summed E-state index contributed by atoms with van der Waals surface area (Å²) in [7, 11) is 0. The Kier molecular flexibility index (Phi) is 4.60. The molecule has 7 nitrogen and oxygen atoms in total. The molecule has 0 radical (unpaired) electrons. The lowest BCUT2D eigenvalue weighted by molar-refractivity contribution is 0.123. The van der Waals surface area contributed by atoms with Crippen molar-refractivity contribution in [1.29, 1.82) is 0 Å². The van der Waals surface area contributed by atoms with E-state index in [1.54, 1.807) is 0 Å². The van der Waals surface area contributed by atoms with Crippen LogP contribution in [0.15, 0.2) is 43.0 Å². The van der Waals surface area contributed by atoms with Crippen molar-refractivity contribution in [2.45, 2.75) is 26.3 Å². The molecule has 7 heteroatoms. The van der Waals surface area contributed by atoms with Crippen molar-refractivity contribution in [2.24, 2.45) is 0 Å². The molecule has 1 fully saturated rings. The third kappa shape index (κ3) is 3.31. The molecule has 150 valence electrons. The number of aromatic hydroxyl groups is 1. The molecule has 0 spiro atoms. The highest BCUT2D eigenvalue weighted by Gasteiger charge is 2.19. The normalized spacial score (nSPS) is 14.9. The van der Waals surface area contributed by atoms with Crippen LogP contribution in [0.1, 0.15) is 18.2 Å². The zero-order valence-corrected chi connectivity index (χ0v) is 16.6. The van der Waals surface area contributed by atoms with E-state index in [0.717, 1.165) is 53.9 Å². The summed E-state index contributed by atoms with van der Waals surface area (Å²) in [5, 5.41) is 11.7. The largest absolute Gasteiger partial charge is 0.494 e. The number of hydrogen-bond donors (Lipinski definition) is 1. The minimum absolute atomic E-state index is 0.270. The number of anilines is 1. The number of morpholine rings is 1. The van der Waals surface area contributed by atoms with Gasteiger partial charge >= 0.3 is 0 Å². The highest BCUT2D eigenvalue weighted by molar-refractivity contribution is 5.96. The minimum atomic E-state index is 0.270. The Hall–Kier alpha value is -3.06. The number of rotatable bonds is 5. The van der Waals surface area contributed by atoms with Gasteiger partial charge in [0.25, 0.3) is 0 Å². The fourth-order valence-electron chi connectivity index (χ4n) is 4.04. The van der Waals surface area contributed by atoms with Gasteiger partial charge in [-0.15, -0.1) is 0 Å². The zero-order valence-electron chi connectivity index (χ0n) is 16.6. The van der Waals surface area contributed by atoms with Crippen molar-refractivity contribution in [3.8, 4) is 5.88 Å². The van der Waals surface area contributed by atoms with Crippen molar-refractivity contribution in [3.05, 3.63) is 54.2 Å². The molecule has 0 atom stereocenters. The summed E-state index contributed by atoms with van der Waals surface area (Å²) >= 11 is 0. The van der Waals surface area contributed by atoms with E-state index in [4.69, 9.17) is 9.72 Å². The number of aromatic nitrogens is 4. The van der Waals surface area contributed by atoms with Crippen molar-refractivity contribution in [3.63, 3.8) is 0 Å². The lowest BCUT2D eigenvalue weighted by Crippen LogP contribution is -2.36. The first-order valence-corrected chi connectivity index (χ1v) is 10.2. The van der Waals surface area contributed by atoms with Crippen LogP contribution in [0.2, 0.25) is 0 Å². The molecule has 1 N–H and O–H groups in total. The molecule has 0 aliphatic carbocycles. The molecule has 0 bridgehead atoms. The average molecular weight is 391 g/mol. The molecule has 0 saturated carbocycles. The van der Waals surface area contributed by atoms with Gasteiger partial charge in [-0.1, -0.05) is 6.92 Å². The Balaban J connectivity index is 1.41. The predicted octanol–water partition coefficient (Wildman–Crippen LogP) is 3.03. The summed E-state index contributed by atoms with van der Waals surface area (Å²) in [4.78, 5) is 11.5. The molecular formula is C22H25N5O2. The first kappa shape index (κ1) is 18.0. The first-order valence-electron chi connectivity index (χ1n) is 10.2. The molecule has 29 heavy (non-hydrogen) atoms. The van der Waals surface area contributed by atoms with Crippen molar-refractivity contribution < 1.29 is 9.84 Å². The number of ether oxygens (including phenoxy) is 1. The number of fused-ring (bicyclic) bond motifs is 2. The summed E-state index contributed by atoms with van der Waals surface area (Å²) in [6.45, 7) is 5.86. The summed E-state index contributed by atoms with van der Waals surface area (Å²) in [6.07, 6.45) is 9.60. The van der Waals surface area contributed by atoms with Crippen molar-refractivity contribution in [1.82, 2.24) is 18.9 Å². The Morgan fingerprint density at radius 1 is 1.17 bits per heavy atom. The molecule has 5 heterocycles. The third-order valence-corrected chi connectivity index (χ3v) is 5.68. The second-order valence-corrected chi connectivity index (χ2v) is 7.47. The van der Waals surface area contributed by atoms with Crippen LogP contribution in [0.25, 0.3) is 16.6 Å². The highest BCUT2D eigenvalue weighted by Crippen LogP contribution is 2.35. The number of pyridine rings is 2. The quantitative estimate of drug-likeness (QED) is 0.566. The molecule has 1 aliphatic rings. The van der Waals surface area contributed by atoms with Gasteiger partial charge < -0.3 is 23.7 Å². The van der Waals surface area contributed by atoms with Gasteiger partial charge in [0.1, 0.15) is 5.65 Å². The van der Waals surface area contributed by atoms with E-state index in [1.165, 1.54) is 5.56 Å². The fraction of sp³-hybridized carbons (Fsp3) is 0.364. The average Bonchev–Trinajstić information content (AvgIpc) is 3.32. The van der Waals surface area contributed by atoms with Gasteiger partial charge in [-0.05, 0) is 30.2 Å². The van der Waals surface area contributed by atoms with Gasteiger partial charge in [0.2, 0.25) is 5.88 Å².